The van der Waals surface area contributed by atoms with Crippen LogP contribution < -0.4 is 10.0 Å². The molecular weight excluding hydrogens is 433 g/mol. The van der Waals surface area contributed by atoms with Crippen LogP contribution in [0.5, 0.6) is 0 Å². The number of carbonyl (C=O) groups is 1. The standard InChI is InChI=1S/C20H19F3N4O3S/c1-13-6-8-15(9-7-13)27-18(20(21,22)23)17(12-26-27)19(28)25-11-14-4-3-5-16(10-14)31(29,30)24-2/h3-10,12,24H,11H2,1-2H3,(H,25,28). The lowest BCUT2D eigenvalue weighted by molar-refractivity contribution is -0.143. The lowest BCUT2D eigenvalue weighted by atomic mass is 10.2. The zero-order valence-corrected chi connectivity index (χ0v) is 17.4. The van der Waals surface area contributed by atoms with Gasteiger partial charge in [-0.1, -0.05) is 29.8 Å². The Balaban J connectivity index is 1.87. The molecule has 2 N–H and O–H groups in total. The Morgan fingerprint density at radius 3 is 2.42 bits per heavy atom. The van der Waals surface area contributed by atoms with Gasteiger partial charge in [0.15, 0.2) is 5.69 Å². The number of halogens is 3. The van der Waals surface area contributed by atoms with Crippen molar-refractivity contribution in [1.29, 1.82) is 0 Å². The van der Waals surface area contributed by atoms with Crippen molar-refractivity contribution in [3.63, 3.8) is 0 Å². The van der Waals surface area contributed by atoms with E-state index in [0.717, 1.165) is 11.8 Å². The lowest BCUT2D eigenvalue weighted by Gasteiger charge is -2.13. The van der Waals surface area contributed by atoms with Crippen LogP contribution in [0.15, 0.2) is 59.6 Å². The second-order valence-corrected chi connectivity index (χ2v) is 8.58. The minimum Gasteiger partial charge on any atom is -0.348 e. The van der Waals surface area contributed by atoms with Crippen molar-refractivity contribution < 1.29 is 26.4 Å². The summed E-state index contributed by atoms with van der Waals surface area (Å²) in [6, 6.07) is 12.0. The molecule has 2 aromatic carbocycles. The number of carbonyl (C=O) groups excluding carboxylic acids is 1. The summed E-state index contributed by atoms with van der Waals surface area (Å²) in [4.78, 5) is 12.5. The topological polar surface area (TPSA) is 93.1 Å². The van der Waals surface area contributed by atoms with Crippen LogP contribution in [0.4, 0.5) is 13.2 Å². The highest BCUT2D eigenvalue weighted by Crippen LogP contribution is 2.33. The lowest BCUT2D eigenvalue weighted by Crippen LogP contribution is -2.26. The van der Waals surface area contributed by atoms with Gasteiger partial charge in [0.1, 0.15) is 0 Å². The fourth-order valence-corrected chi connectivity index (χ4v) is 3.69. The number of benzene rings is 2. The van der Waals surface area contributed by atoms with Crippen molar-refractivity contribution in [2.24, 2.45) is 0 Å². The second-order valence-electron chi connectivity index (χ2n) is 6.69. The third kappa shape index (κ3) is 4.94. The number of amides is 1. The van der Waals surface area contributed by atoms with Crippen molar-refractivity contribution in [3.05, 3.63) is 77.1 Å². The number of hydrogen-bond acceptors (Lipinski definition) is 4. The predicted octanol–water partition coefficient (Wildman–Crippen LogP) is 3.04. The molecule has 0 saturated heterocycles. The molecule has 0 aliphatic heterocycles. The molecule has 0 atom stereocenters. The number of sulfonamides is 1. The molecule has 0 radical (unpaired) electrons. The maximum atomic E-state index is 13.7. The van der Waals surface area contributed by atoms with Gasteiger partial charge in [0.25, 0.3) is 5.91 Å². The molecule has 1 amide bonds. The second kappa shape index (κ2) is 8.52. The van der Waals surface area contributed by atoms with Crippen LogP contribution in [0.1, 0.15) is 27.2 Å². The van der Waals surface area contributed by atoms with E-state index in [9.17, 15) is 26.4 Å². The fraction of sp³-hybridized carbons (Fsp3) is 0.200. The predicted molar refractivity (Wildman–Crippen MR) is 107 cm³/mol. The molecule has 0 spiro atoms. The zero-order chi connectivity index (χ0) is 22.8. The van der Waals surface area contributed by atoms with Crippen molar-refractivity contribution >= 4 is 15.9 Å². The van der Waals surface area contributed by atoms with Gasteiger partial charge >= 0.3 is 6.18 Å². The fourth-order valence-electron chi connectivity index (χ4n) is 2.89. The van der Waals surface area contributed by atoms with E-state index in [1.54, 1.807) is 25.1 Å². The van der Waals surface area contributed by atoms with Crippen LogP contribution in [-0.2, 0) is 22.7 Å². The third-order valence-electron chi connectivity index (χ3n) is 4.49. The molecule has 3 aromatic rings. The van der Waals surface area contributed by atoms with Crippen LogP contribution in [-0.4, -0.2) is 31.2 Å². The highest BCUT2D eigenvalue weighted by molar-refractivity contribution is 7.89. The summed E-state index contributed by atoms with van der Waals surface area (Å²) in [6.07, 6.45) is -3.96. The van der Waals surface area contributed by atoms with E-state index >= 15 is 0 Å². The maximum absolute atomic E-state index is 13.7. The molecule has 11 heteroatoms. The first-order valence-electron chi connectivity index (χ1n) is 9.06. The van der Waals surface area contributed by atoms with Gasteiger partial charge in [-0.05, 0) is 43.8 Å². The van der Waals surface area contributed by atoms with E-state index in [2.05, 4.69) is 15.1 Å². The minimum absolute atomic E-state index is 0.0232. The summed E-state index contributed by atoms with van der Waals surface area (Å²) in [7, 11) is -2.43. The van der Waals surface area contributed by atoms with Gasteiger partial charge in [0.05, 0.1) is 22.3 Å². The largest absolute Gasteiger partial charge is 0.434 e. The third-order valence-corrected chi connectivity index (χ3v) is 5.90. The van der Waals surface area contributed by atoms with E-state index in [4.69, 9.17) is 0 Å². The highest BCUT2D eigenvalue weighted by atomic mass is 32.2. The summed E-state index contributed by atoms with van der Waals surface area (Å²) in [5, 5.41) is 6.16. The number of aryl methyl sites for hydroxylation is 1. The summed E-state index contributed by atoms with van der Waals surface area (Å²) in [5.41, 5.74) is -0.386. The van der Waals surface area contributed by atoms with Crippen LogP contribution in [0, 0.1) is 6.92 Å². The Hall–Kier alpha value is -3.18. The van der Waals surface area contributed by atoms with Gasteiger partial charge in [0.2, 0.25) is 10.0 Å². The zero-order valence-electron chi connectivity index (χ0n) is 16.6. The molecule has 0 aliphatic rings. The van der Waals surface area contributed by atoms with Gasteiger partial charge in [0, 0.05) is 6.54 Å². The normalized spacial score (nSPS) is 12.0. The number of aromatic nitrogens is 2. The van der Waals surface area contributed by atoms with Crippen LogP contribution in [0.2, 0.25) is 0 Å². The molecule has 164 valence electrons. The molecule has 0 fully saturated rings. The molecule has 3 rings (SSSR count). The Morgan fingerprint density at radius 1 is 1.13 bits per heavy atom. The molecule has 0 bridgehead atoms. The highest BCUT2D eigenvalue weighted by Gasteiger charge is 2.40. The quantitative estimate of drug-likeness (QED) is 0.601. The van der Waals surface area contributed by atoms with Gasteiger partial charge in [-0.3, -0.25) is 4.79 Å². The average Bonchev–Trinajstić information content (AvgIpc) is 3.18. The number of alkyl halides is 3. The van der Waals surface area contributed by atoms with Crippen LogP contribution in [0.25, 0.3) is 5.69 Å². The minimum atomic E-state index is -4.82. The van der Waals surface area contributed by atoms with Crippen molar-refractivity contribution in [1.82, 2.24) is 19.8 Å². The van der Waals surface area contributed by atoms with Crippen molar-refractivity contribution in [2.75, 3.05) is 7.05 Å². The molecule has 0 saturated carbocycles. The van der Waals surface area contributed by atoms with Crippen molar-refractivity contribution in [3.8, 4) is 5.69 Å². The first-order chi connectivity index (χ1) is 14.5. The van der Waals surface area contributed by atoms with Gasteiger partial charge in [-0.2, -0.15) is 18.3 Å². The average molecular weight is 452 g/mol. The first kappa shape index (κ1) is 22.5. The van der Waals surface area contributed by atoms with E-state index < -0.39 is 33.4 Å². The Labute approximate surface area is 176 Å². The van der Waals surface area contributed by atoms with E-state index in [1.165, 1.54) is 37.4 Å². The van der Waals surface area contributed by atoms with E-state index in [0.29, 0.717) is 10.2 Å². The molecule has 1 heterocycles. The Bertz CT molecular complexity index is 1200. The smallest absolute Gasteiger partial charge is 0.348 e. The number of rotatable bonds is 6. The molecule has 0 unspecified atom stereocenters. The SMILES string of the molecule is CNS(=O)(=O)c1cccc(CNC(=O)c2cnn(-c3ccc(C)cc3)c2C(F)(F)F)c1. The molecular formula is C20H19F3N4O3S. The van der Waals surface area contributed by atoms with Gasteiger partial charge < -0.3 is 5.32 Å². The molecule has 0 aliphatic carbocycles. The van der Waals surface area contributed by atoms with Crippen LogP contribution >= 0.6 is 0 Å². The summed E-state index contributed by atoms with van der Waals surface area (Å²) >= 11 is 0. The van der Waals surface area contributed by atoms with E-state index in [1.807, 2.05) is 0 Å². The Kier molecular flexibility index (Phi) is 6.18. The molecule has 7 nitrogen and oxygen atoms in total. The molecule has 31 heavy (non-hydrogen) atoms. The number of nitrogens with one attached hydrogen (secondary N) is 2. The van der Waals surface area contributed by atoms with E-state index in [-0.39, 0.29) is 17.1 Å². The Morgan fingerprint density at radius 2 is 1.81 bits per heavy atom. The number of hydrogen-bond donors (Lipinski definition) is 2. The van der Waals surface area contributed by atoms with Gasteiger partial charge in [-0.25, -0.2) is 17.8 Å². The maximum Gasteiger partial charge on any atom is 0.434 e. The van der Waals surface area contributed by atoms with Gasteiger partial charge in [-0.15, -0.1) is 0 Å². The monoisotopic (exact) mass is 452 g/mol. The van der Waals surface area contributed by atoms with Crippen molar-refractivity contribution in [2.45, 2.75) is 24.5 Å². The summed E-state index contributed by atoms with van der Waals surface area (Å²) in [6.45, 7) is 1.63. The van der Waals surface area contributed by atoms with Crippen LogP contribution in [0.3, 0.4) is 0 Å². The first-order valence-corrected chi connectivity index (χ1v) is 10.5. The number of nitrogens with zero attached hydrogens (tertiary/aromatic N) is 2. The summed E-state index contributed by atoms with van der Waals surface area (Å²) < 4.78 is 67.8. The molecule has 1 aromatic heterocycles. The summed E-state index contributed by atoms with van der Waals surface area (Å²) in [5.74, 6) is -0.979.